The molecule has 2 aromatic rings. The molecule has 3 rings (SSSR count). The van der Waals surface area contributed by atoms with E-state index in [1.54, 1.807) is 6.20 Å². The number of aliphatic hydroxyl groups is 1. The van der Waals surface area contributed by atoms with Gasteiger partial charge in [-0.25, -0.2) is 9.47 Å². The lowest BCUT2D eigenvalue weighted by molar-refractivity contribution is -0.685. The highest BCUT2D eigenvalue weighted by Crippen LogP contribution is 2.34. The van der Waals surface area contributed by atoms with Crippen molar-refractivity contribution >= 4 is 21.9 Å². The van der Waals surface area contributed by atoms with Crippen LogP contribution in [0, 0.1) is 0 Å². The first-order chi connectivity index (χ1) is 10.1. The van der Waals surface area contributed by atoms with E-state index in [2.05, 4.69) is 27.8 Å². The second-order valence-corrected chi connectivity index (χ2v) is 6.29. The van der Waals surface area contributed by atoms with Crippen LogP contribution in [0.1, 0.15) is 25.3 Å². The smallest absolute Gasteiger partial charge is 0.396 e. The van der Waals surface area contributed by atoms with Crippen molar-refractivity contribution in [1.29, 1.82) is 0 Å². The summed E-state index contributed by atoms with van der Waals surface area (Å²) in [5, 5.41) is 11.3. The molecular weight excluding hydrogens is 410 g/mol. The van der Waals surface area contributed by atoms with Crippen LogP contribution in [0.4, 0.5) is 5.95 Å². The molecule has 1 atom stereocenters. The summed E-state index contributed by atoms with van der Waals surface area (Å²) in [5.41, 5.74) is -0.135. The Labute approximate surface area is 149 Å². The first-order valence-electron chi connectivity index (χ1n) is 7.25. The molecule has 0 fully saturated rings. The van der Waals surface area contributed by atoms with Gasteiger partial charge in [0.05, 0.1) is 12.7 Å². The lowest BCUT2D eigenvalue weighted by Gasteiger charge is -2.28. The number of nitrogens with zero attached hydrogens (tertiary/aromatic N) is 3. The predicted octanol–water partition coefficient (Wildman–Crippen LogP) is -0.399. The molecule has 0 spiro atoms. The average Bonchev–Trinajstić information content (AvgIpc) is 2.78. The van der Waals surface area contributed by atoms with Gasteiger partial charge in [0.1, 0.15) is 12.7 Å². The van der Waals surface area contributed by atoms with Crippen LogP contribution in [0.5, 0.6) is 0 Å². The largest absolute Gasteiger partial charge is 1.00 e. The number of benzene rings is 1. The SMILES string of the molecule is CCCCN1c2nccc[n+]2CC1(O)c1ccc(Br)cc1.[Br-]. The standard InChI is InChI=1S/C16H19BrN3O.BrH/c1-2-3-11-20-15-18-9-4-10-19(15)12-16(20,21)13-5-7-14(17)8-6-13;/h4-10,21H,2-3,11-12H2,1H3;1H/q+1;/p-1. The predicted molar refractivity (Wildman–Crippen MR) is 84.7 cm³/mol. The van der Waals surface area contributed by atoms with Gasteiger partial charge in [0.15, 0.2) is 0 Å². The van der Waals surface area contributed by atoms with Crippen LogP contribution < -0.4 is 26.4 Å². The van der Waals surface area contributed by atoms with Gasteiger partial charge in [-0.05, 0) is 18.6 Å². The fourth-order valence-corrected chi connectivity index (χ4v) is 3.06. The maximum absolute atomic E-state index is 11.3. The summed E-state index contributed by atoms with van der Waals surface area (Å²) >= 11 is 3.44. The Balaban J connectivity index is 0.00000176. The molecule has 1 aliphatic rings. The van der Waals surface area contributed by atoms with Crippen LogP contribution in [-0.4, -0.2) is 16.6 Å². The van der Waals surface area contributed by atoms with Gasteiger partial charge in [0.2, 0.25) is 5.72 Å². The Bertz CT molecular complexity index is 636. The molecule has 1 unspecified atom stereocenters. The summed E-state index contributed by atoms with van der Waals surface area (Å²) in [7, 11) is 0. The monoisotopic (exact) mass is 427 g/mol. The van der Waals surface area contributed by atoms with E-state index in [-0.39, 0.29) is 17.0 Å². The van der Waals surface area contributed by atoms with Gasteiger partial charge in [-0.1, -0.05) is 46.4 Å². The summed E-state index contributed by atoms with van der Waals surface area (Å²) in [6, 6.07) is 9.76. The van der Waals surface area contributed by atoms with Crippen molar-refractivity contribution in [2.45, 2.75) is 32.0 Å². The van der Waals surface area contributed by atoms with E-state index < -0.39 is 5.72 Å². The highest BCUT2D eigenvalue weighted by atomic mass is 79.9. The summed E-state index contributed by atoms with van der Waals surface area (Å²) in [6.45, 7) is 3.45. The lowest BCUT2D eigenvalue weighted by atomic mass is 10.0. The number of rotatable bonds is 4. The summed E-state index contributed by atoms with van der Waals surface area (Å²) in [4.78, 5) is 6.47. The zero-order valence-electron chi connectivity index (χ0n) is 12.4. The van der Waals surface area contributed by atoms with Crippen molar-refractivity contribution in [2.75, 3.05) is 11.4 Å². The molecule has 22 heavy (non-hydrogen) atoms. The number of aromatic nitrogens is 2. The number of hydrogen-bond acceptors (Lipinski definition) is 3. The third-order valence-electron chi connectivity index (χ3n) is 3.92. The van der Waals surface area contributed by atoms with Crippen molar-refractivity contribution in [3.63, 3.8) is 0 Å². The number of anilines is 1. The maximum atomic E-state index is 11.3. The average molecular weight is 429 g/mol. The normalized spacial score (nSPS) is 19.7. The van der Waals surface area contributed by atoms with Gasteiger partial charge in [-0.2, -0.15) is 0 Å². The zero-order chi connectivity index (χ0) is 14.9. The molecule has 0 saturated heterocycles. The van der Waals surface area contributed by atoms with Gasteiger partial charge in [0, 0.05) is 16.1 Å². The third kappa shape index (κ3) is 3.05. The topological polar surface area (TPSA) is 40.2 Å². The molecular formula is C16H19Br2N3O. The molecule has 118 valence electrons. The van der Waals surface area contributed by atoms with Crippen molar-refractivity contribution in [3.8, 4) is 0 Å². The first-order valence-corrected chi connectivity index (χ1v) is 8.05. The van der Waals surface area contributed by atoms with Crippen LogP contribution in [0.25, 0.3) is 0 Å². The Morgan fingerprint density at radius 3 is 2.77 bits per heavy atom. The maximum Gasteiger partial charge on any atom is 0.396 e. The van der Waals surface area contributed by atoms with E-state index in [1.165, 1.54) is 0 Å². The summed E-state index contributed by atoms with van der Waals surface area (Å²) < 4.78 is 3.02. The number of unbranched alkanes of at least 4 members (excludes halogenated alkanes) is 1. The molecule has 2 heterocycles. The van der Waals surface area contributed by atoms with Gasteiger partial charge in [-0.3, -0.25) is 0 Å². The van der Waals surface area contributed by atoms with Crippen molar-refractivity contribution in [2.24, 2.45) is 0 Å². The molecule has 0 amide bonds. The summed E-state index contributed by atoms with van der Waals surface area (Å²) in [5.74, 6) is 0.830. The molecule has 4 nitrogen and oxygen atoms in total. The lowest BCUT2D eigenvalue weighted by Crippen LogP contribution is -3.00. The molecule has 1 N–H and O–H groups in total. The van der Waals surface area contributed by atoms with E-state index in [0.29, 0.717) is 6.54 Å². The summed E-state index contributed by atoms with van der Waals surface area (Å²) in [6.07, 6.45) is 5.85. The van der Waals surface area contributed by atoms with E-state index in [0.717, 1.165) is 35.4 Å². The zero-order valence-corrected chi connectivity index (χ0v) is 15.6. The van der Waals surface area contributed by atoms with E-state index in [1.807, 2.05) is 46.0 Å². The highest BCUT2D eigenvalue weighted by molar-refractivity contribution is 9.10. The quantitative estimate of drug-likeness (QED) is 0.673. The minimum atomic E-state index is -1.03. The van der Waals surface area contributed by atoms with Crippen LogP contribution in [0.3, 0.4) is 0 Å². The molecule has 0 bridgehead atoms. The molecule has 6 heteroatoms. The van der Waals surface area contributed by atoms with Crippen molar-refractivity contribution < 1.29 is 26.7 Å². The molecule has 0 radical (unpaired) electrons. The number of hydrogen-bond donors (Lipinski definition) is 1. The first kappa shape index (κ1) is 17.4. The second-order valence-electron chi connectivity index (χ2n) is 5.38. The van der Waals surface area contributed by atoms with Gasteiger partial charge in [0.25, 0.3) is 0 Å². The number of halogens is 2. The number of fused-ring (bicyclic) bond motifs is 1. The Morgan fingerprint density at radius 1 is 1.36 bits per heavy atom. The second kappa shape index (κ2) is 7.06. The Hall–Kier alpha value is -0.980. The molecule has 1 aliphatic heterocycles. The Kier molecular flexibility index (Phi) is 5.58. The highest BCUT2D eigenvalue weighted by Gasteiger charge is 2.50. The van der Waals surface area contributed by atoms with Crippen LogP contribution in [0.15, 0.2) is 47.2 Å². The van der Waals surface area contributed by atoms with Crippen LogP contribution in [-0.2, 0) is 12.3 Å². The molecule has 1 aromatic heterocycles. The van der Waals surface area contributed by atoms with E-state index in [9.17, 15) is 5.11 Å². The fourth-order valence-electron chi connectivity index (χ4n) is 2.79. The van der Waals surface area contributed by atoms with Gasteiger partial charge >= 0.3 is 5.95 Å². The Morgan fingerprint density at radius 2 is 2.09 bits per heavy atom. The van der Waals surface area contributed by atoms with Crippen molar-refractivity contribution in [3.05, 3.63) is 52.8 Å². The van der Waals surface area contributed by atoms with Crippen molar-refractivity contribution in [1.82, 2.24) is 4.98 Å². The van der Waals surface area contributed by atoms with Gasteiger partial charge < -0.3 is 22.1 Å². The van der Waals surface area contributed by atoms with E-state index in [4.69, 9.17) is 0 Å². The fraction of sp³-hybridized carbons (Fsp3) is 0.375. The minimum absolute atomic E-state index is 0. The van der Waals surface area contributed by atoms with Crippen LogP contribution >= 0.6 is 15.9 Å². The molecule has 1 aromatic carbocycles. The third-order valence-corrected chi connectivity index (χ3v) is 4.45. The minimum Gasteiger partial charge on any atom is -1.00 e. The molecule has 0 aliphatic carbocycles. The van der Waals surface area contributed by atoms with Crippen LogP contribution in [0.2, 0.25) is 0 Å². The van der Waals surface area contributed by atoms with Gasteiger partial charge in [-0.15, -0.1) is 0 Å². The van der Waals surface area contributed by atoms with E-state index >= 15 is 0 Å². The molecule has 0 saturated carbocycles.